The number of hydroxylamine groups is 1. The molecule has 0 spiro atoms. The summed E-state index contributed by atoms with van der Waals surface area (Å²) in [6.45, 7) is 8.68. The number of rotatable bonds is 5. The second-order valence-corrected chi connectivity index (χ2v) is 19.5. The van der Waals surface area contributed by atoms with Crippen LogP contribution in [0.15, 0.2) is 127 Å². The van der Waals surface area contributed by atoms with Gasteiger partial charge in [0.05, 0.1) is 0 Å². The fourth-order valence-corrected chi connectivity index (χ4v) is 16.5. The number of carbonyl (C=O) groups is 1. The van der Waals surface area contributed by atoms with Crippen LogP contribution >= 0.6 is 0 Å². The van der Waals surface area contributed by atoms with Gasteiger partial charge in [-0.25, -0.2) is 5.48 Å². The third-order valence-corrected chi connectivity index (χ3v) is 19.1. The molecule has 197 valence electrons. The summed E-state index contributed by atoms with van der Waals surface area (Å²) in [7, 11) is 0. The summed E-state index contributed by atoms with van der Waals surface area (Å²) < 4.78 is 5.97. The molecule has 0 aromatic heterocycles. The molecule has 1 amide bonds. The summed E-state index contributed by atoms with van der Waals surface area (Å²) in [5.41, 5.74) is 7.23. The molecule has 0 bridgehead atoms. The SMILES string of the molecule is Cc1cc[c]([Sb]([c]2ccc(C)cc2)([c]2ccc(C)cc2)[c]2ccc(C)cc2)cc1.O=C(NO)c1ccccc1. The molecule has 0 aliphatic carbocycles. The summed E-state index contributed by atoms with van der Waals surface area (Å²) in [6.07, 6.45) is 0. The summed E-state index contributed by atoms with van der Waals surface area (Å²) in [5, 5.41) is 8.19. The Balaban J connectivity index is 0.000000298. The molecule has 2 N–H and O–H groups in total. The third kappa shape index (κ3) is 6.50. The van der Waals surface area contributed by atoms with E-state index in [9.17, 15) is 4.79 Å². The van der Waals surface area contributed by atoms with Crippen LogP contribution in [0.1, 0.15) is 32.6 Å². The molecule has 1 radical (unpaired) electrons. The van der Waals surface area contributed by atoms with E-state index in [0.717, 1.165) is 0 Å². The second kappa shape index (κ2) is 12.9. The molecule has 39 heavy (non-hydrogen) atoms. The number of aryl methyl sites for hydroxylation is 4. The zero-order chi connectivity index (χ0) is 27.8. The first-order valence-electron chi connectivity index (χ1n) is 13.0. The van der Waals surface area contributed by atoms with Crippen molar-refractivity contribution in [1.82, 2.24) is 5.48 Å². The van der Waals surface area contributed by atoms with E-state index in [4.69, 9.17) is 5.21 Å². The molecule has 0 aliphatic rings. The van der Waals surface area contributed by atoms with Crippen LogP contribution in [-0.2, 0) is 0 Å². The Hall–Kier alpha value is -3.65. The fourth-order valence-electron chi connectivity index (χ4n) is 4.62. The predicted molar refractivity (Wildman–Crippen MR) is 165 cm³/mol. The van der Waals surface area contributed by atoms with E-state index in [0.29, 0.717) is 5.56 Å². The average Bonchev–Trinajstić information content (AvgIpc) is 2.97. The van der Waals surface area contributed by atoms with E-state index in [1.165, 1.54) is 36.3 Å². The van der Waals surface area contributed by atoms with Gasteiger partial charge < -0.3 is 0 Å². The topological polar surface area (TPSA) is 49.3 Å². The maximum absolute atomic E-state index is 10.7. The van der Waals surface area contributed by atoms with E-state index in [2.05, 4.69) is 125 Å². The van der Waals surface area contributed by atoms with Crippen molar-refractivity contribution < 1.29 is 10.0 Å². The van der Waals surface area contributed by atoms with E-state index in [1.54, 1.807) is 35.8 Å². The van der Waals surface area contributed by atoms with E-state index >= 15 is 0 Å². The van der Waals surface area contributed by atoms with Crippen molar-refractivity contribution in [1.29, 1.82) is 0 Å². The third-order valence-electron chi connectivity index (χ3n) is 6.82. The molecule has 5 aromatic carbocycles. The van der Waals surface area contributed by atoms with Crippen molar-refractivity contribution >= 4 is 38.8 Å². The van der Waals surface area contributed by atoms with Crippen LogP contribution in [-0.4, -0.2) is 29.9 Å². The van der Waals surface area contributed by atoms with Gasteiger partial charge in [0, 0.05) is 5.56 Å². The van der Waals surface area contributed by atoms with Gasteiger partial charge in [-0.1, -0.05) is 18.2 Å². The number of carbonyl (C=O) groups excluding carboxylic acids is 1. The van der Waals surface area contributed by atoms with Crippen molar-refractivity contribution in [3.05, 3.63) is 155 Å². The van der Waals surface area contributed by atoms with Crippen LogP contribution < -0.4 is 19.5 Å². The zero-order valence-electron chi connectivity index (χ0n) is 22.9. The van der Waals surface area contributed by atoms with Crippen LogP contribution in [0.25, 0.3) is 0 Å². The monoisotopic (exact) mass is 622 g/mol. The standard InChI is InChI=1S/C7H7NO2.4C7H7.Sb/c9-7(8-10)6-4-2-1-3-5-6;4*1-7-5-3-2-4-6-7;/h1-5,10H,(H,8,9);4*3-6H,1H3;. The molecule has 5 aromatic rings. The van der Waals surface area contributed by atoms with Gasteiger partial charge in [0.15, 0.2) is 0 Å². The van der Waals surface area contributed by atoms with Crippen molar-refractivity contribution in [3.8, 4) is 0 Å². The predicted octanol–water partition coefficient (Wildman–Crippen LogP) is 5.10. The molecule has 0 saturated heterocycles. The zero-order valence-corrected chi connectivity index (χ0v) is 25.5. The Labute approximate surface area is 236 Å². The average molecular weight is 623 g/mol. The Morgan fingerprint density at radius 1 is 0.487 bits per heavy atom. The molecule has 4 heteroatoms. The van der Waals surface area contributed by atoms with E-state index < -0.39 is 24.7 Å². The van der Waals surface area contributed by atoms with Gasteiger partial charge in [-0.15, -0.1) is 0 Å². The van der Waals surface area contributed by atoms with Crippen molar-refractivity contribution in [2.45, 2.75) is 27.7 Å². The van der Waals surface area contributed by atoms with Crippen molar-refractivity contribution in [2.24, 2.45) is 0 Å². The van der Waals surface area contributed by atoms with Gasteiger partial charge in [0.25, 0.3) is 5.91 Å². The molecule has 0 heterocycles. The summed E-state index contributed by atoms with van der Waals surface area (Å²) in [6, 6.07) is 45.7. The Morgan fingerprint density at radius 2 is 0.769 bits per heavy atom. The number of benzene rings is 5. The van der Waals surface area contributed by atoms with Crippen molar-refractivity contribution in [2.75, 3.05) is 0 Å². The molecular weight excluding hydrogens is 588 g/mol. The molecule has 0 aliphatic heterocycles. The molecule has 0 saturated carbocycles. The number of hydrogen-bond acceptors (Lipinski definition) is 2. The maximum atomic E-state index is 10.7. The Bertz CT molecular complexity index is 1310. The minimum atomic E-state index is -3.29. The smallest absolute Gasteiger partial charge is 0.274 e. The first-order valence-corrected chi connectivity index (χ1v) is 18.1. The number of nitrogens with one attached hydrogen (secondary N) is 1. The molecule has 0 fully saturated rings. The van der Waals surface area contributed by atoms with Crippen molar-refractivity contribution in [3.63, 3.8) is 0 Å². The summed E-state index contributed by atoms with van der Waals surface area (Å²) >= 11 is -3.29. The quantitative estimate of drug-likeness (QED) is 0.163. The Morgan fingerprint density at radius 3 is 1.03 bits per heavy atom. The number of amides is 1. The maximum Gasteiger partial charge on any atom is 0.274 e. The van der Waals surface area contributed by atoms with Gasteiger partial charge in [-0.05, 0) is 12.1 Å². The van der Waals surface area contributed by atoms with Crippen LogP contribution in [0.2, 0.25) is 0 Å². The second-order valence-electron chi connectivity index (χ2n) is 9.82. The van der Waals surface area contributed by atoms with Crippen LogP contribution in [0.5, 0.6) is 0 Å². The van der Waals surface area contributed by atoms with Gasteiger partial charge in [-0.2, -0.15) is 0 Å². The normalized spacial score (nSPS) is 10.8. The van der Waals surface area contributed by atoms with Crippen LogP contribution in [0, 0.1) is 27.7 Å². The fraction of sp³-hybridized carbons (Fsp3) is 0.114. The minimum absolute atomic E-state index is 0.449. The van der Waals surface area contributed by atoms with E-state index in [1.807, 2.05) is 0 Å². The molecular formula is C35H35NO2Sb. The number of hydrogen-bond donors (Lipinski definition) is 2. The molecule has 0 unspecified atom stereocenters. The minimum Gasteiger partial charge on any atom is -0.288 e. The van der Waals surface area contributed by atoms with Gasteiger partial charge in [0.1, 0.15) is 0 Å². The van der Waals surface area contributed by atoms with E-state index in [-0.39, 0.29) is 0 Å². The van der Waals surface area contributed by atoms with Gasteiger partial charge in [0.2, 0.25) is 0 Å². The molecule has 0 atom stereocenters. The summed E-state index contributed by atoms with van der Waals surface area (Å²) in [4.78, 5) is 10.7. The largest absolute Gasteiger partial charge is 0.288 e. The van der Waals surface area contributed by atoms with Crippen LogP contribution in [0.3, 0.4) is 0 Å². The summed E-state index contributed by atoms with van der Waals surface area (Å²) in [5.74, 6) is -0.486. The van der Waals surface area contributed by atoms with Crippen LogP contribution in [0.4, 0.5) is 0 Å². The van der Waals surface area contributed by atoms with Gasteiger partial charge in [-0.3, -0.25) is 10.0 Å². The Kier molecular flexibility index (Phi) is 9.40. The molecule has 5 rings (SSSR count). The first kappa shape index (κ1) is 28.4. The first-order chi connectivity index (χ1) is 18.8. The van der Waals surface area contributed by atoms with Gasteiger partial charge >= 0.3 is 180 Å². The molecule has 3 nitrogen and oxygen atoms in total.